The molecule has 0 aromatic rings. The molecule has 1 fully saturated rings. The Kier molecular flexibility index (Phi) is 2.72. The summed E-state index contributed by atoms with van der Waals surface area (Å²) in [6.07, 6.45) is 5.84. The lowest BCUT2D eigenvalue weighted by atomic mass is 10.1. The van der Waals surface area contributed by atoms with E-state index in [0.29, 0.717) is 0 Å². The summed E-state index contributed by atoms with van der Waals surface area (Å²) in [4.78, 5) is 2.31. The van der Waals surface area contributed by atoms with Crippen molar-refractivity contribution >= 4 is 0 Å². The van der Waals surface area contributed by atoms with Crippen LogP contribution in [0, 0.1) is 5.92 Å². The SMILES string of the molecule is CC(CCC1CC1)N(C)C. The van der Waals surface area contributed by atoms with Crippen LogP contribution >= 0.6 is 0 Å². The van der Waals surface area contributed by atoms with E-state index in [1.807, 2.05) is 0 Å². The lowest BCUT2D eigenvalue weighted by molar-refractivity contribution is 0.290. The van der Waals surface area contributed by atoms with Crippen LogP contribution in [0.25, 0.3) is 0 Å². The van der Waals surface area contributed by atoms with E-state index in [-0.39, 0.29) is 0 Å². The molecule has 1 nitrogen and oxygen atoms in total. The molecule has 1 unspecified atom stereocenters. The lowest BCUT2D eigenvalue weighted by Gasteiger charge is -2.18. The van der Waals surface area contributed by atoms with Gasteiger partial charge in [0.05, 0.1) is 0 Å². The summed E-state index contributed by atoms with van der Waals surface area (Å²) in [6, 6.07) is 0.778. The van der Waals surface area contributed by atoms with Gasteiger partial charge in [0.2, 0.25) is 0 Å². The van der Waals surface area contributed by atoms with Crippen LogP contribution in [0.15, 0.2) is 0 Å². The Morgan fingerprint density at radius 2 is 2.00 bits per heavy atom. The van der Waals surface area contributed by atoms with Crippen LogP contribution in [0.5, 0.6) is 0 Å². The molecule has 60 valence electrons. The topological polar surface area (TPSA) is 3.24 Å². The minimum atomic E-state index is 0.778. The smallest absolute Gasteiger partial charge is 0.00609 e. The number of rotatable bonds is 4. The van der Waals surface area contributed by atoms with Gasteiger partial charge < -0.3 is 4.90 Å². The van der Waals surface area contributed by atoms with Gasteiger partial charge in [0.1, 0.15) is 0 Å². The average molecular weight is 141 g/mol. The molecule has 1 saturated carbocycles. The summed E-state index contributed by atoms with van der Waals surface area (Å²) >= 11 is 0. The molecule has 0 aromatic heterocycles. The van der Waals surface area contributed by atoms with Gasteiger partial charge in [0, 0.05) is 6.04 Å². The first-order valence-electron chi connectivity index (χ1n) is 4.36. The Labute approximate surface area is 64.4 Å². The van der Waals surface area contributed by atoms with E-state index in [1.54, 1.807) is 0 Å². The first-order chi connectivity index (χ1) is 4.70. The quantitative estimate of drug-likeness (QED) is 0.579. The maximum atomic E-state index is 2.31. The molecule has 1 aliphatic rings. The first kappa shape index (κ1) is 8.06. The van der Waals surface area contributed by atoms with Gasteiger partial charge in [-0.15, -0.1) is 0 Å². The molecule has 0 N–H and O–H groups in total. The summed E-state index contributed by atoms with van der Waals surface area (Å²) < 4.78 is 0. The van der Waals surface area contributed by atoms with Crippen molar-refractivity contribution in [3.63, 3.8) is 0 Å². The Morgan fingerprint density at radius 1 is 1.40 bits per heavy atom. The highest BCUT2D eigenvalue weighted by atomic mass is 15.1. The van der Waals surface area contributed by atoms with E-state index >= 15 is 0 Å². The van der Waals surface area contributed by atoms with Gasteiger partial charge in [-0.3, -0.25) is 0 Å². The first-order valence-corrected chi connectivity index (χ1v) is 4.36. The Hall–Kier alpha value is -0.0400. The van der Waals surface area contributed by atoms with E-state index < -0.39 is 0 Å². The zero-order chi connectivity index (χ0) is 7.56. The van der Waals surface area contributed by atoms with Crippen molar-refractivity contribution in [2.24, 2.45) is 5.92 Å². The summed E-state index contributed by atoms with van der Waals surface area (Å²) in [6.45, 7) is 2.31. The fourth-order valence-corrected chi connectivity index (χ4v) is 1.14. The molecule has 1 rings (SSSR count). The molecule has 1 aliphatic carbocycles. The van der Waals surface area contributed by atoms with Crippen molar-refractivity contribution in [1.82, 2.24) is 4.90 Å². The third-order valence-corrected chi connectivity index (χ3v) is 2.57. The van der Waals surface area contributed by atoms with E-state index in [1.165, 1.54) is 25.7 Å². The Morgan fingerprint density at radius 3 is 2.40 bits per heavy atom. The fourth-order valence-electron chi connectivity index (χ4n) is 1.14. The fraction of sp³-hybridized carbons (Fsp3) is 1.00. The van der Waals surface area contributed by atoms with E-state index in [2.05, 4.69) is 25.9 Å². The van der Waals surface area contributed by atoms with Crippen molar-refractivity contribution in [1.29, 1.82) is 0 Å². The number of hydrogen-bond acceptors (Lipinski definition) is 1. The molecule has 0 spiro atoms. The monoisotopic (exact) mass is 141 g/mol. The van der Waals surface area contributed by atoms with Gasteiger partial charge in [0.25, 0.3) is 0 Å². The second-order valence-corrected chi connectivity index (χ2v) is 3.83. The third-order valence-electron chi connectivity index (χ3n) is 2.57. The predicted molar refractivity (Wildman–Crippen MR) is 45.1 cm³/mol. The molecule has 0 bridgehead atoms. The normalized spacial score (nSPS) is 21.6. The second-order valence-electron chi connectivity index (χ2n) is 3.83. The number of hydrogen-bond donors (Lipinski definition) is 0. The van der Waals surface area contributed by atoms with Gasteiger partial charge in [0.15, 0.2) is 0 Å². The van der Waals surface area contributed by atoms with Crippen molar-refractivity contribution < 1.29 is 0 Å². The van der Waals surface area contributed by atoms with Crippen molar-refractivity contribution in [3.05, 3.63) is 0 Å². The molecule has 1 atom stereocenters. The van der Waals surface area contributed by atoms with E-state index in [9.17, 15) is 0 Å². The standard InChI is InChI=1S/C9H19N/c1-8(10(2)3)4-5-9-6-7-9/h8-9H,4-7H2,1-3H3. The largest absolute Gasteiger partial charge is 0.307 e. The van der Waals surface area contributed by atoms with Crippen molar-refractivity contribution in [2.45, 2.75) is 38.6 Å². The highest BCUT2D eigenvalue weighted by molar-refractivity contribution is 4.74. The zero-order valence-electron chi connectivity index (χ0n) is 7.43. The molecule has 0 saturated heterocycles. The summed E-state index contributed by atoms with van der Waals surface area (Å²) in [7, 11) is 4.33. The molecular formula is C9H19N. The van der Waals surface area contributed by atoms with Gasteiger partial charge in [-0.2, -0.15) is 0 Å². The van der Waals surface area contributed by atoms with Gasteiger partial charge in [-0.25, -0.2) is 0 Å². The highest BCUT2D eigenvalue weighted by Gasteiger charge is 2.21. The van der Waals surface area contributed by atoms with Crippen LogP contribution < -0.4 is 0 Å². The summed E-state index contributed by atoms with van der Waals surface area (Å²) in [5, 5.41) is 0. The molecule has 0 radical (unpaired) electrons. The van der Waals surface area contributed by atoms with E-state index in [0.717, 1.165) is 12.0 Å². The maximum Gasteiger partial charge on any atom is 0.00609 e. The second kappa shape index (κ2) is 3.38. The van der Waals surface area contributed by atoms with Crippen LogP contribution in [0.1, 0.15) is 32.6 Å². The minimum absolute atomic E-state index is 0.778. The summed E-state index contributed by atoms with van der Waals surface area (Å²) in [5.74, 6) is 1.10. The third kappa shape index (κ3) is 2.70. The maximum absolute atomic E-state index is 2.31. The molecule has 10 heavy (non-hydrogen) atoms. The van der Waals surface area contributed by atoms with Crippen LogP contribution in [-0.4, -0.2) is 25.0 Å². The predicted octanol–water partition coefficient (Wildman–Crippen LogP) is 2.13. The molecular weight excluding hydrogens is 122 g/mol. The van der Waals surface area contributed by atoms with E-state index in [4.69, 9.17) is 0 Å². The number of nitrogens with zero attached hydrogens (tertiary/aromatic N) is 1. The van der Waals surface area contributed by atoms with Crippen LogP contribution in [0.3, 0.4) is 0 Å². The zero-order valence-corrected chi connectivity index (χ0v) is 7.43. The molecule has 0 amide bonds. The van der Waals surface area contributed by atoms with Gasteiger partial charge in [-0.1, -0.05) is 12.8 Å². The Balaban J connectivity index is 1.99. The van der Waals surface area contributed by atoms with Crippen molar-refractivity contribution in [3.8, 4) is 0 Å². The molecule has 0 heterocycles. The average Bonchev–Trinajstić information content (AvgIpc) is 2.64. The van der Waals surface area contributed by atoms with Gasteiger partial charge in [-0.05, 0) is 39.8 Å². The molecule has 0 aliphatic heterocycles. The lowest BCUT2D eigenvalue weighted by Crippen LogP contribution is -2.24. The van der Waals surface area contributed by atoms with Crippen LogP contribution in [0.4, 0.5) is 0 Å². The molecule has 1 heteroatoms. The van der Waals surface area contributed by atoms with Gasteiger partial charge >= 0.3 is 0 Å². The summed E-state index contributed by atoms with van der Waals surface area (Å²) in [5.41, 5.74) is 0. The molecule has 0 aromatic carbocycles. The minimum Gasteiger partial charge on any atom is -0.307 e. The van der Waals surface area contributed by atoms with Crippen molar-refractivity contribution in [2.75, 3.05) is 14.1 Å². The van der Waals surface area contributed by atoms with Crippen LogP contribution in [0.2, 0.25) is 0 Å². The highest BCUT2D eigenvalue weighted by Crippen LogP contribution is 2.34. The van der Waals surface area contributed by atoms with Crippen LogP contribution in [-0.2, 0) is 0 Å². The Bertz CT molecular complexity index is 94.9.